The van der Waals surface area contributed by atoms with Crippen molar-refractivity contribution < 1.29 is 27.8 Å². The van der Waals surface area contributed by atoms with Crippen molar-refractivity contribution in [3.63, 3.8) is 0 Å². The van der Waals surface area contributed by atoms with E-state index in [0.717, 1.165) is 5.56 Å². The summed E-state index contributed by atoms with van der Waals surface area (Å²) in [5.41, 5.74) is 7.01. The number of nitrogens with two attached hydrogens (primary N) is 1. The van der Waals surface area contributed by atoms with Crippen LogP contribution >= 0.6 is 0 Å². The summed E-state index contributed by atoms with van der Waals surface area (Å²) in [6.45, 7) is 1.88. The number of aliphatic carboxylic acids is 1. The lowest BCUT2D eigenvalue weighted by Crippen LogP contribution is -2.45. The summed E-state index contributed by atoms with van der Waals surface area (Å²) in [4.78, 5) is 11.4. The molecule has 0 fully saturated rings. The molecule has 4 N–H and O–H groups in total. The molecule has 0 aromatic heterocycles. The average Bonchev–Trinajstić information content (AvgIpc) is 3.07. The summed E-state index contributed by atoms with van der Waals surface area (Å²) in [5, 5.41) is 9.30. The summed E-state index contributed by atoms with van der Waals surface area (Å²) in [7, 11) is -3.98. The van der Waals surface area contributed by atoms with E-state index in [-0.39, 0.29) is 11.7 Å². The second-order valence-corrected chi connectivity index (χ2v) is 7.60. The molecule has 2 aromatic carbocycles. The average molecular weight is 378 g/mol. The summed E-state index contributed by atoms with van der Waals surface area (Å²) in [6.07, 6.45) is 0. The standard InChI is InChI=1S/C17H18N2O6S/c1-10-2-5-12(6-3-10)26(22,23)19-16(15(18)17(20)21)11-4-7-13-14(8-11)25-9-24-13/h2-8,15-16,19H,9,18H2,1H3,(H,20,21)/t15-,16-/m0/s1. The van der Waals surface area contributed by atoms with E-state index < -0.39 is 28.1 Å². The van der Waals surface area contributed by atoms with Crippen molar-refractivity contribution >= 4 is 16.0 Å². The van der Waals surface area contributed by atoms with Crippen molar-refractivity contribution in [3.8, 4) is 11.5 Å². The van der Waals surface area contributed by atoms with Crippen molar-refractivity contribution in [2.45, 2.75) is 23.9 Å². The van der Waals surface area contributed by atoms with Crippen LogP contribution in [0.4, 0.5) is 0 Å². The van der Waals surface area contributed by atoms with Crippen molar-refractivity contribution in [1.82, 2.24) is 4.72 Å². The molecule has 3 rings (SSSR count). The Morgan fingerprint density at radius 3 is 2.46 bits per heavy atom. The fraction of sp³-hybridized carbons (Fsp3) is 0.235. The van der Waals surface area contributed by atoms with Crippen molar-refractivity contribution in [2.75, 3.05) is 6.79 Å². The van der Waals surface area contributed by atoms with Gasteiger partial charge < -0.3 is 20.3 Å². The SMILES string of the molecule is Cc1ccc(S(=O)(=O)N[C@@H](c2ccc3c(c2)OCO3)[C@H](N)C(=O)O)cc1. The molecule has 0 saturated carbocycles. The van der Waals surface area contributed by atoms with Crippen LogP contribution < -0.4 is 19.9 Å². The zero-order valence-electron chi connectivity index (χ0n) is 13.9. The fourth-order valence-corrected chi connectivity index (χ4v) is 3.80. The van der Waals surface area contributed by atoms with Crippen LogP contribution in [0, 0.1) is 6.92 Å². The highest BCUT2D eigenvalue weighted by molar-refractivity contribution is 7.89. The number of rotatable bonds is 6. The molecule has 0 amide bonds. The van der Waals surface area contributed by atoms with Gasteiger partial charge in [-0.05, 0) is 36.8 Å². The van der Waals surface area contributed by atoms with Crippen LogP contribution in [0.2, 0.25) is 0 Å². The molecule has 0 radical (unpaired) electrons. The molecule has 1 aliphatic rings. The minimum atomic E-state index is -3.98. The van der Waals surface area contributed by atoms with Crippen LogP contribution in [0.15, 0.2) is 47.4 Å². The number of hydrogen-bond acceptors (Lipinski definition) is 6. The van der Waals surface area contributed by atoms with E-state index in [0.29, 0.717) is 17.1 Å². The van der Waals surface area contributed by atoms with E-state index in [4.69, 9.17) is 15.2 Å². The molecule has 2 atom stereocenters. The van der Waals surface area contributed by atoms with E-state index in [2.05, 4.69) is 4.72 Å². The number of nitrogens with one attached hydrogen (secondary N) is 1. The van der Waals surface area contributed by atoms with Gasteiger partial charge in [0.15, 0.2) is 11.5 Å². The molecule has 1 aliphatic heterocycles. The van der Waals surface area contributed by atoms with E-state index in [1.807, 2.05) is 6.92 Å². The Morgan fingerprint density at radius 1 is 1.15 bits per heavy atom. The number of ether oxygens (including phenoxy) is 2. The van der Waals surface area contributed by atoms with Gasteiger partial charge >= 0.3 is 5.97 Å². The zero-order valence-corrected chi connectivity index (χ0v) is 14.7. The topological polar surface area (TPSA) is 128 Å². The predicted octanol–water partition coefficient (Wildman–Crippen LogP) is 1.16. The van der Waals surface area contributed by atoms with E-state index in [1.54, 1.807) is 24.3 Å². The second kappa shape index (κ2) is 6.94. The van der Waals surface area contributed by atoms with Gasteiger partial charge in [0.1, 0.15) is 6.04 Å². The third-order valence-electron chi connectivity index (χ3n) is 4.01. The Bertz CT molecular complexity index is 927. The fourth-order valence-electron chi connectivity index (χ4n) is 2.55. The van der Waals surface area contributed by atoms with Gasteiger partial charge in [0.05, 0.1) is 10.9 Å². The molecule has 26 heavy (non-hydrogen) atoms. The van der Waals surface area contributed by atoms with Crippen LogP contribution in [-0.4, -0.2) is 32.3 Å². The maximum absolute atomic E-state index is 12.7. The Labute approximate surface area is 150 Å². The van der Waals surface area contributed by atoms with Gasteiger partial charge in [-0.3, -0.25) is 4.79 Å². The zero-order chi connectivity index (χ0) is 18.9. The first-order chi connectivity index (χ1) is 12.3. The van der Waals surface area contributed by atoms with Gasteiger partial charge in [-0.25, -0.2) is 13.1 Å². The Balaban J connectivity index is 1.96. The minimum Gasteiger partial charge on any atom is -0.480 e. The van der Waals surface area contributed by atoms with Gasteiger partial charge in [0.2, 0.25) is 16.8 Å². The number of hydrogen-bond donors (Lipinski definition) is 3. The molecule has 0 aliphatic carbocycles. The van der Waals surface area contributed by atoms with E-state index >= 15 is 0 Å². The molecule has 0 saturated heterocycles. The van der Waals surface area contributed by atoms with Crippen molar-refractivity contribution in [3.05, 3.63) is 53.6 Å². The number of carboxylic acids is 1. The molecule has 0 unspecified atom stereocenters. The largest absolute Gasteiger partial charge is 0.480 e. The molecule has 0 spiro atoms. The van der Waals surface area contributed by atoms with Gasteiger partial charge in [0.25, 0.3) is 0 Å². The summed E-state index contributed by atoms with van der Waals surface area (Å²) >= 11 is 0. The van der Waals surface area contributed by atoms with Gasteiger partial charge in [-0.15, -0.1) is 0 Å². The van der Waals surface area contributed by atoms with Crippen LogP contribution in [0.1, 0.15) is 17.2 Å². The predicted molar refractivity (Wildman–Crippen MR) is 92.4 cm³/mol. The summed E-state index contributed by atoms with van der Waals surface area (Å²) in [5.74, 6) is -0.434. The third-order valence-corrected chi connectivity index (χ3v) is 5.47. The number of carboxylic acid groups (broad SMARTS) is 1. The normalized spacial score (nSPS) is 15.5. The van der Waals surface area contributed by atoms with Gasteiger partial charge in [-0.1, -0.05) is 23.8 Å². The molecule has 9 heteroatoms. The smallest absolute Gasteiger partial charge is 0.322 e. The lowest BCUT2D eigenvalue weighted by Gasteiger charge is -2.23. The van der Waals surface area contributed by atoms with Crippen LogP contribution in [0.5, 0.6) is 11.5 Å². The van der Waals surface area contributed by atoms with Crippen LogP contribution in [0.25, 0.3) is 0 Å². The van der Waals surface area contributed by atoms with Gasteiger partial charge in [0, 0.05) is 0 Å². The second-order valence-electron chi connectivity index (χ2n) is 5.89. The highest BCUT2D eigenvalue weighted by Gasteiger charge is 2.31. The molecule has 2 aromatic rings. The lowest BCUT2D eigenvalue weighted by molar-refractivity contribution is -0.139. The number of benzene rings is 2. The highest BCUT2D eigenvalue weighted by atomic mass is 32.2. The maximum atomic E-state index is 12.7. The molecule has 1 heterocycles. The van der Waals surface area contributed by atoms with Crippen LogP contribution in [0.3, 0.4) is 0 Å². The van der Waals surface area contributed by atoms with Crippen molar-refractivity contribution in [2.24, 2.45) is 5.73 Å². The van der Waals surface area contributed by atoms with Crippen molar-refractivity contribution in [1.29, 1.82) is 0 Å². The quantitative estimate of drug-likeness (QED) is 0.688. The number of aryl methyl sites for hydroxylation is 1. The van der Waals surface area contributed by atoms with Crippen LogP contribution in [-0.2, 0) is 14.8 Å². The summed E-state index contributed by atoms with van der Waals surface area (Å²) < 4.78 is 38.2. The highest BCUT2D eigenvalue weighted by Crippen LogP contribution is 2.35. The molecule has 138 valence electrons. The number of sulfonamides is 1. The Hall–Kier alpha value is -2.62. The molecule has 8 nitrogen and oxygen atoms in total. The van der Waals surface area contributed by atoms with E-state index in [1.165, 1.54) is 18.2 Å². The molecular weight excluding hydrogens is 360 g/mol. The molecular formula is C17H18N2O6S. The molecule has 0 bridgehead atoms. The van der Waals surface area contributed by atoms with Gasteiger partial charge in [-0.2, -0.15) is 0 Å². The monoisotopic (exact) mass is 378 g/mol. The Kier molecular flexibility index (Phi) is 4.86. The lowest BCUT2D eigenvalue weighted by atomic mass is 10.0. The maximum Gasteiger partial charge on any atom is 0.322 e. The number of carbonyl (C=O) groups is 1. The van der Waals surface area contributed by atoms with E-state index in [9.17, 15) is 18.3 Å². The first-order valence-electron chi connectivity index (χ1n) is 7.75. The minimum absolute atomic E-state index is 0.0198. The first-order valence-corrected chi connectivity index (χ1v) is 9.23. The first kappa shape index (κ1) is 18.2. The third kappa shape index (κ3) is 3.64. The number of fused-ring (bicyclic) bond motifs is 1. The Morgan fingerprint density at radius 2 is 1.81 bits per heavy atom. The summed E-state index contributed by atoms with van der Waals surface area (Å²) in [6, 6.07) is 8.18.